The summed E-state index contributed by atoms with van der Waals surface area (Å²) >= 11 is 0. The van der Waals surface area contributed by atoms with Crippen LogP contribution < -0.4 is 0 Å². The largest absolute Gasteiger partial charge is 0.481 e. The quantitative estimate of drug-likeness (QED) is 0.937. The van der Waals surface area contributed by atoms with Crippen LogP contribution in [0, 0.1) is 12.8 Å². The Bertz CT molecular complexity index is 642. The molecule has 0 aromatic carbocycles. The number of nitrogens with zero attached hydrogens (tertiary/aromatic N) is 3. The fourth-order valence-electron chi connectivity index (χ4n) is 3.11. The van der Waals surface area contributed by atoms with Crippen molar-refractivity contribution in [1.29, 1.82) is 0 Å². The molecule has 5 heteroatoms. The number of pyridine rings is 1. The monoisotopic (exact) mass is 287 g/mol. The third-order valence-electron chi connectivity index (χ3n) is 4.28. The summed E-state index contributed by atoms with van der Waals surface area (Å²) in [6.45, 7) is 4.85. The third-order valence-corrected chi connectivity index (χ3v) is 4.28. The molecule has 112 valence electrons. The molecule has 1 aliphatic heterocycles. The van der Waals surface area contributed by atoms with Gasteiger partial charge in [-0.15, -0.1) is 0 Å². The van der Waals surface area contributed by atoms with Gasteiger partial charge in [-0.05, 0) is 50.4 Å². The van der Waals surface area contributed by atoms with Gasteiger partial charge in [-0.1, -0.05) is 6.07 Å². The maximum absolute atomic E-state index is 10.7. The molecule has 1 N–H and O–H groups in total. The molecule has 1 fully saturated rings. The number of aliphatic carboxylic acids is 1. The summed E-state index contributed by atoms with van der Waals surface area (Å²) in [5, 5.41) is 8.85. The molecule has 0 atom stereocenters. The molecule has 0 saturated carbocycles. The van der Waals surface area contributed by atoms with E-state index < -0.39 is 5.97 Å². The topological polar surface area (TPSA) is 57.8 Å². The molecule has 0 spiro atoms. The zero-order valence-electron chi connectivity index (χ0n) is 12.3. The minimum Gasteiger partial charge on any atom is -0.481 e. The Kier molecular flexibility index (Phi) is 3.92. The van der Waals surface area contributed by atoms with Crippen molar-refractivity contribution in [3.05, 3.63) is 35.8 Å². The first-order chi connectivity index (χ1) is 10.1. The van der Waals surface area contributed by atoms with Gasteiger partial charge in [0.2, 0.25) is 0 Å². The summed E-state index contributed by atoms with van der Waals surface area (Å²) in [4.78, 5) is 17.8. The highest BCUT2D eigenvalue weighted by atomic mass is 16.4. The lowest BCUT2D eigenvalue weighted by Crippen LogP contribution is -2.34. The average molecular weight is 287 g/mol. The number of likely N-dealkylation sites (tertiary alicyclic amines) is 1. The van der Waals surface area contributed by atoms with Crippen LogP contribution in [0.4, 0.5) is 0 Å². The van der Waals surface area contributed by atoms with E-state index in [4.69, 9.17) is 10.1 Å². The highest BCUT2D eigenvalue weighted by molar-refractivity contribution is 5.67. The van der Waals surface area contributed by atoms with E-state index in [-0.39, 0.29) is 0 Å². The summed E-state index contributed by atoms with van der Waals surface area (Å²) in [6.07, 6.45) is 6.36. The second kappa shape index (κ2) is 5.85. The van der Waals surface area contributed by atoms with Gasteiger partial charge in [0, 0.05) is 25.4 Å². The number of aromatic nitrogens is 2. The first-order valence-corrected chi connectivity index (χ1v) is 7.49. The lowest BCUT2D eigenvalue weighted by Gasteiger charge is -2.30. The van der Waals surface area contributed by atoms with Gasteiger partial charge < -0.3 is 9.51 Å². The molecule has 0 amide bonds. The standard InChI is InChI=1S/C16H21N3O2/c1-12-3-2-6-19-11-14(17-16(12)19)10-18-7-4-13(5-8-18)9-15(20)21/h2-3,6,11,13H,4-5,7-10H2,1H3,(H,20,21). The van der Waals surface area contributed by atoms with E-state index in [0.29, 0.717) is 12.3 Å². The number of rotatable bonds is 4. The molecule has 3 heterocycles. The lowest BCUT2D eigenvalue weighted by molar-refractivity contribution is -0.138. The van der Waals surface area contributed by atoms with E-state index in [1.54, 1.807) is 0 Å². The average Bonchev–Trinajstić information content (AvgIpc) is 2.84. The lowest BCUT2D eigenvalue weighted by atomic mass is 9.93. The highest BCUT2D eigenvalue weighted by Gasteiger charge is 2.21. The zero-order valence-corrected chi connectivity index (χ0v) is 12.3. The van der Waals surface area contributed by atoms with Crippen molar-refractivity contribution in [2.75, 3.05) is 13.1 Å². The van der Waals surface area contributed by atoms with Crippen molar-refractivity contribution in [3.8, 4) is 0 Å². The van der Waals surface area contributed by atoms with Gasteiger partial charge in [0.1, 0.15) is 5.65 Å². The van der Waals surface area contributed by atoms with Crippen LogP contribution in [0.2, 0.25) is 0 Å². The summed E-state index contributed by atoms with van der Waals surface area (Å²) in [6, 6.07) is 4.11. The second-order valence-electron chi connectivity index (χ2n) is 5.97. The molecular weight excluding hydrogens is 266 g/mol. The van der Waals surface area contributed by atoms with Crippen molar-refractivity contribution in [1.82, 2.24) is 14.3 Å². The summed E-state index contributed by atoms with van der Waals surface area (Å²) < 4.78 is 2.07. The molecule has 0 aliphatic carbocycles. The minimum atomic E-state index is -0.677. The Hall–Kier alpha value is -1.88. The Morgan fingerprint density at radius 1 is 1.43 bits per heavy atom. The van der Waals surface area contributed by atoms with Crippen molar-refractivity contribution < 1.29 is 9.90 Å². The fourth-order valence-corrected chi connectivity index (χ4v) is 3.11. The normalized spacial score (nSPS) is 17.4. The number of fused-ring (bicyclic) bond motifs is 1. The van der Waals surface area contributed by atoms with Crippen molar-refractivity contribution in [2.24, 2.45) is 5.92 Å². The molecule has 2 aromatic rings. The molecule has 0 bridgehead atoms. The first-order valence-electron chi connectivity index (χ1n) is 7.49. The minimum absolute atomic E-state index is 0.307. The van der Waals surface area contributed by atoms with E-state index in [1.807, 2.05) is 12.3 Å². The van der Waals surface area contributed by atoms with Crippen LogP contribution in [0.15, 0.2) is 24.5 Å². The number of imidazole rings is 1. The van der Waals surface area contributed by atoms with E-state index in [2.05, 4.69) is 28.5 Å². The van der Waals surface area contributed by atoms with E-state index in [0.717, 1.165) is 43.8 Å². The molecule has 5 nitrogen and oxygen atoms in total. The third kappa shape index (κ3) is 3.24. The van der Waals surface area contributed by atoms with Gasteiger partial charge in [-0.3, -0.25) is 9.69 Å². The van der Waals surface area contributed by atoms with E-state index >= 15 is 0 Å². The fraction of sp³-hybridized carbons (Fsp3) is 0.500. The molecule has 3 rings (SSSR count). The maximum Gasteiger partial charge on any atom is 0.303 e. The van der Waals surface area contributed by atoms with Crippen LogP contribution in [0.25, 0.3) is 5.65 Å². The Morgan fingerprint density at radius 2 is 2.19 bits per heavy atom. The number of hydrogen-bond acceptors (Lipinski definition) is 3. The van der Waals surface area contributed by atoms with Gasteiger partial charge in [0.15, 0.2) is 0 Å². The highest BCUT2D eigenvalue weighted by Crippen LogP contribution is 2.22. The summed E-state index contributed by atoms with van der Waals surface area (Å²) in [5.74, 6) is -0.341. The molecule has 0 unspecified atom stereocenters. The van der Waals surface area contributed by atoms with Gasteiger partial charge >= 0.3 is 5.97 Å². The number of aryl methyl sites for hydroxylation is 1. The van der Waals surface area contributed by atoms with Crippen LogP contribution in [0.1, 0.15) is 30.5 Å². The predicted molar refractivity (Wildman–Crippen MR) is 80.2 cm³/mol. The molecule has 21 heavy (non-hydrogen) atoms. The predicted octanol–water partition coefficient (Wildman–Crippen LogP) is 2.33. The SMILES string of the molecule is Cc1cccn2cc(CN3CCC(CC(=O)O)CC3)nc12. The zero-order chi connectivity index (χ0) is 14.8. The number of carbonyl (C=O) groups is 1. The molecule has 0 radical (unpaired) electrons. The van der Waals surface area contributed by atoms with Crippen LogP contribution in [0.3, 0.4) is 0 Å². The number of piperidine rings is 1. The van der Waals surface area contributed by atoms with Crippen molar-refractivity contribution in [3.63, 3.8) is 0 Å². The van der Waals surface area contributed by atoms with Crippen molar-refractivity contribution in [2.45, 2.75) is 32.7 Å². The Labute approximate surface area is 124 Å². The molecule has 1 aliphatic rings. The Balaban J connectivity index is 1.62. The number of carboxylic acids is 1. The van der Waals surface area contributed by atoms with Gasteiger partial charge in [-0.25, -0.2) is 4.98 Å². The van der Waals surface area contributed by atoms with E-state index in [9.17, 15) is 4.79 Å². The summed E-state index contributed by atoms with van der Waals surface area (Å²) in [5.41, 5.74) is 3.29. The maximum atomic E-state index is 10.7. The van der Waals surface area contributed by atoms with Crippen LogP contribution in [-0.2, 0) is 11.3 Å². The number of carboxylic acid groups (broad SMARTS) is 1. The smallest absolute Gasteiger partial charge is 0.303 e. The van der Waals surface area contributed by atoms with E-state index in [1.165, 1.54) is 5.56 Å². The molecular formula is C16H21N3O2. The van der Waals surface area contributed by atoms with Gasteiger partial charge in [-0.2, -0.15) is 0 Å². The van der Waals surface area contributed by atoms with Crippen LogP contribution in [0.5, 0.6) is 0 Å². The second-order valence-corrected chi connectivity index (χ2v) is 5.97. The first kappa shape index (κ1) is 14.1. The van der Waals surface area contributed by atoms with Crippen LogP contribution >= 0.6 is 0 Å². The number of hydrogen-bond donors (Lipinski definition) is 1. The molecule has 2 aromatic heterocycles. The summed E-state index contributed by atoms with van der Waals surface area (Å²) in [7, 11) is 0. The van der Waals surface area contributed by atoms with Crippen molar-refractivity contribution >= 4 is 11.6 Å². The van der Waals surface area contributed by atoms with Crippen LogP contribution in [-0.4, -0.2) is 38.4 Å². The molecule has 1 saturated heterocycles. The van der Waals surface area contributed by atoms with Gasteiger partial charge in [0.05, 0.1) is 5.69 Å². The van der Waals surface area contributed by atoms with Gasteiger partial charge in [0.25, 0.3) is 0 Å². The Morgan fingerprint density at radius 3 is 2.86 bits per heavy atom.